The minimum atomic E-state index is -0.533. The highest BCUT2D eigenvalue weighted by Crippen LogP contribution is 2.08. The third-order valence-corrected chi connectivity index (χ3v) is 3.05. The minimum absolute atomic E-state index is 0.103. The van der Waals surface area contributed by atoms with Gasteiger partial charge in [-0.25, -0.2) is 0 Å². The fraction of sp³-hybridized carbons (Fsp3) is 0.357. The van der Waals surface area contributed by atoms with E-state index < -0.39 is 11.2 Å². The summed E-state index contributed by atoms with van der Waals surface area (Å²) in [6.45, 7) is 1.92. The predicted octanol–water partition coefficient (Wildman–Crippen LogP) is 0.574. The van der Waals surface area contributed by atoms with Crippen LogP contribution in [0.1, 0.15) is 18.2 Å². The Hall–Kier alpha value is -2.57. The van der Waals surface area contributed by atoms with Crippen molar-refractivity contribution in [1.29, 1.82) is 0 Å². The zero-order chi connectivity index (χ0) is 15.4. The Balaban J connectivity index is 1.88. The van der Waals surface area contributed by atoms with Crippen LogP contribution < -0.4 is 10.7 Å². The largest absolute Gasteiger partial charge is 0.502 e. The SMILES string of the molecule is CC(Cc1cnn(C)c1)C(=O)NCc1cc(=O)c(O)co1. The summed E-state index contributed by atoms with van der Waals surface area (Å²) < 4.78 is 6.70. The Bertz CT molecular complexity index is 690. The highest BCUT2D eigenvalue weighted by Gasteiger charge is 2.14. The first-order chi connectivity index (χ1) is 9.95. The van der Waals surface area contributed by atoms with E-state index in [-0.39, 0.29) is 18.4 Å². The van der Waals surface area contributed by atoms with Gasteiger partial charge in [-0.3, -0.25) is 14.3 Å². The Morgan fingerprint density at radius 1 is 1.57 bits per heavy atom. The summed E-state index contributed by atoms with van der Waals surface area (Å²) in [5.41, 5.74) is 0.449. The van der Waals surface area contributed by atoms with Gasteiger partial charge >= 0.3 is 0 Å². The molecule has 0 aliphatic rings. The van der Waals surface area contributed by atoms with Crippen LogP contribution in [0.3, 0.4) is 0 Å². The number of aryl methyl sites for hydroxylation is 1. The van der Waals surface area contributed by atoms with Gasteiger partial charge < -0.3 is 14.8 Å². The number of nitrogens with zero attached hydrogens (tertiary/aromatic N) is 2. The average molecular weight is 291 g/mol. The van der Waals surface area contributed by atoms with E-state index in [0.29, 0.717) is 12.2 Å². The molecule has 0 aliphatic carbocycles. The number of hydrogen-bond donors (Lipinski definition) is 2. The molecule has 2 aromatic heterocycles. The van der Waals surface area contributed by atoms with E-state index >= 15 is 0 Å². The molecule has 7 nitrogen and oxygen atoms in total. The lowest BCUT2D eigenvalue weighted by Gasteiger charge is -2.10. The van der Waals surface area contributed by atoms with Gasteiger partial charge in [-0.1, -0.05) is 6.92 Å². The molecule has 112 valence electrons. The van der Waals surface area contributed by atoms with Crippen LogP contribution in [0.2, 0.25) is 0 Å². The van der Waals surface area contributed by atoms with Gasteiger partial charge in [0.1, 0.15) is 12.0 Å². The topological polar surface area (TPSA) is 97.4 Å². The van der Waals surface area contributed by atoms with E-state index in [4.69, 9.17) is 9.52 Å². The monoisotopic (exact) mass is 291 g/mol. The van der Waals surface area contributed by atoms with Crippen molar-refractivity contribution in [3.63, 3.8) is 0 Å². The maximum atomic E-state index is 12.0. The van der Waals surface area contributed by atoms with Crippen molar-refractivity contribution in [3.8, 4) is 5.75 Å². The summed E-state index contributed by atoms with van der Waals surface area (Å²) >= 11 is 0. The van der Waals surface area contributed by atoms with Crippen molar-refractivity contribution in [2.24, 2.45) is 13.0 Å². The predicted molar refractivity (Wildman–Crippen MR) is 74.6 cm³/mol. The van der Waals surface area contributed by atoms with E-state index in [9.17, 15) is 9.59 Å². The van der Waals surface area contributed by atoms with Crippen LogP contribution in [0.5, 0.6) is 5.75 Å². The zero-order valence-corrected chi connectivity index (χ0v) is 11.9. The first kappa shape index (κ1) is 14.8. The van der Waals surface area contributed by atoms with Crippen molar-refractivity contribution in [3.05, 3.63) is 46.3 Å². The lowest BCUT2D eigenvalue weighted by molar-refractivity contribution is -0.124. The molecule has 0 bridgehead atoms. The molecule has 0 spiro atoms. The zero-order valence-electron chi connectivity index (χ0n) is 11.9. The van der Waals surface area contributed by atoms with E-state index in [2.05, 4.69) is 10.4 Å². The molecule has 1 unspecified atom stereocenters. The van der Waals surface area contributed by atoms with Gasteiger partial charge in [-0.2, -0.15) is 5.10 Å². The van der Waals surface area contributed by atoms with Crippen molar-refractivity contribution in [2.45, 2.75) is 19.9 Å². The molecular weight excluding hydrogens is 274 g/mol. The molecule has 1 atom stereocenters. The number of carbonyl (C=O) groups excluding carboxylic acids is 1. The van der Waals surface area contributed by atoms with Gasteiger partial charge in [0.15, 0.2) is 5.75 Å². The molecule has 1 amide bonds. The second kappa shape index (κ2) is 6.25. The van der Waals surface area contributed by atoms with Crippen molar-refractivity contribution in [1.82, 2.24) is 15.1 Å². The highest BCUT2D eigenvalue weighted by molar-refractivity contribution is 5.78. The summed E-state index contributed by atoms with van der Waals surface area (Å²) in [6, 6.07) is 1.15. The number of aromatic nitrogens is 2. The third-order valence-electron chi connectivity index (χ3n) is 3.05. The van der Waals surface area contributed by atoms with Gasteiger partial charge in [-0.15, -0.1) is 0 Å². The molecule has 2 heterocycles. The second-order valence-corrected chi connectivity index (χ2v) is 4.94. The maximum Gasteiger partial charge on any atom is 0.226 e. The quantitative estimate of drug-likeness (QED) is 0.839. The first-order valence-electron chi connectivity index (χ1n) is 6.51. The minimum Gasteiger partial charge on any atom is -0.502 e. The molecule has 0 saturated heterocycles. The normalized spacial score (nSPS) is 12.1. The molecule has 21 heavy (non-hydrogen) atoms. The van der Waals surface area contributed by atoms with Crippen LogP contribution in [0.15, 0.2) is 33.9 Å². The molecule has 0 radical (unpaired) electrons. The maximum absolute atomic E-state index is 12.0. The number of nitrogens with one attached hydrogen (secondary N) is 1. The van der Waals surface area contributed by atoms with Crippen LogP contribution >= 0.6 is 0 Å². The highest BCUT2D eigenvalue weighted by atomic mass is 16.4. The van der Waals surface area contributed by atoms with Crippen LogP contribution in [-0.4, -0.2) is 20.8 Å². The number of rotatable bonds is 5. The fourth-order valence-corrected chi connectivity index (χ4v) is 1.91. The van der Waals surface area contributed by atoms with Crippen LogP contribution in [-0.2, 0) is 24.8 Å². The number of amides is 1. The molecule has 0 saturated carbocycles. The van der Waals surface area contributed by atoms with Crippen LogP contribution in [0.25, 0.3) is 0 Å². The van der Waals surface area contributed by atoms with E-state index in [1.807, 2.05) is 20.2 Å². The Morgan fingerprint density at radius 3 is 2.95 bits per heavy atom. The van der Waals surface area contributed by atoms with E-state index in [0.717, 1.165) is 17.9 Å². The standard InChI is InChI=1S/C14H17N3O4/c1-9(3-10-5-16-17(2)7-10)14(20)15-6-11-4-12(18)13(19)8-21-11/h4-5,7-9,19H,3,6H2,1-2H3,(H,15,20). The smallest absolute Gasteiger partial charge is 0.226 e. The number of hydrogen-bond acceptors (Lipinski definition) is 5. The average Bonchev–Trinajstić information content (AvgIpc) is 2.85. The van der Waals surface area contributed by atoms with Crippen LogP contribution in [0, 0.1) is 5.92 Å². The molecule has 7 heteroatoms. The number of carbonyl (C=O) groups is 1. The molecule has 2 rings (SSSR count). The Morgan fingerprint density at radius 2 is 2.33 bits per heavy atom. The molecule has 2 N–H and O–H groups in total. The van der Waals surface area contributed by atoms with E-state index in [1.54, 1.807) is 10.9 Å². The van der Waals surface area contributed by atoms with Gasteiger partial charge in [0.2, 0.25) is 11.3 Å². The molecule has 0 aromatic carbocycles. The van der Waals surface area contributed by atoms with Gasteiger partial charge in [0, 0.05) is 25.2 Å². The Kier molecular flexibility index (Phi) is 4.42. The van der Waals surface area contributed by atoms with Gasteiger partial charge in [0.05, 0.1) is 12.7 Å². The lowest BCUT2D eigenvalue weighted by atomic mass is 10.0. The van der Waals surface area contributed by atoms with Crippen molar-refractivity contribution in [2.75, 3.05) is 0 Å². The third kappa shape index (κ3) is 3.95. The summed E-state index contributed by atoms with van der Waals surface area (Å²) in [7, 11) is 1.82. The molecular formula is C14H17N3O4. The molecule has 0 fully saturated rings. The fourth-order valence-electron chi connectivity index (χ4n) is 1.91. The van der Waals surface area contributed by atoms with Crippen molar-refractivity contribution >= 4 is 5.91 Å². The summed E-state index contributed by atoms with van der Waals surface area (Å²) in [5.74, 6) is -0.526. The molecule has 2 aromatic rings. The first-order valence-corrected chi connectivity index (χ1v) is 6.51. The Labute approximate surface area is 121 Å². The van der Waals surface area contributed by atoms with Crippen molar-refractivity contribution < 1.29 is 14.3 Å². The van der Waals surface area contributed by atoms with Gasteiger partial charge in [-0.05, 0) is 12.0 Å². The summed E-state index contributed by atoms with van der Waals surface area (Å²) in [5, 5.41) is 15.8. The second-order valence-electron chi connectivity index (χ2n) is 4.94. The summed E-state index contributed by atoms with van der Waals surface area (Å²) in [6.07, 6.45) is 5.13. The number of aromatic hydroxyl groups is 1. The van der Waals surface area contributed by atoms with Gasteiger partial charge in [0.25, 0.3) is 0 Å². The van der Waals surface area contributed by atoms with Crippen LogP contribution in [0.4, 0.5) is 0 Å². The summed E-state index contributed by atoms with van der Waals surface area (Å²) in [4.78, 5) is 23.2. The lowest BCUT2D eigenvalue weighted by Crippen LogP contribution is -2.30. The molecule has 0 aliphatic heterocycles. The van der Waals surface area contributed by atoms with E-state index in [1.165, 1.54) is 0 Å².